The normalized spacial score (nSPS) is 10.6. The number of nitrogens with zero attached hydrogens (tertiary/aromatic N) is 2. The third-order valence-corrected chi connectivity index (χ3v) is 2.61. The average Bonchev–Trinajstić information content (AvgIpc) is 2.84. The third kappa shape index (κ3) is 2.68. The molecule has 0 saturated carbocycles. The minimum absolute atomic E-state index is 0.316. The lowest BCUT2D eigenvalue weighted by Crippen LogP contribution is -2.11. The molecule has 0 bridgehead atoms. The highest BCUT2D eigenvalue weighted by Gasteiger charge is 2.07. The number of rotatable bonds is 5. The van der Waals surface area contributed by atoms with E-state index in [1.54, 1.807) is 12.4 Å². The number of imidazole rings is 1. The molecule has 0 fully saturated rings. The van der Waals surface area contributed by atoms with Gasteiger partial charge < -0.3 is 14.6 Å². The predicted molar refractivity (Wildman–Crippen MR) is 67.5 cm³/mol. The molecule has 18 heavy (non-hydrogen) atoms. The van der Waals surface area contributed by atoms with Crippen LogP contribution in [0.2, 0.25) is 0 Å². The molecule has 0 amide bonds. The van der Waals surface area contributed by atoms with Gasteiger partial charge in [-0.05, 0) is 18.7 Å². The maximum atomic E-state index is 13.1. The molecule has 0 spiro atoms. The lowest BCUT2D eigenvalue weighted by atomic mass is 10.3. The molecule has 0 aliphatic rings. The second-order valence-corrected chi connectivity index (χ2v) is 3.87. The second-order valence-electron chi connectivity index (χ2n) is 3.87. The van der Waals surface area contributed by atoms with E-state index in [0.717, 1.165) is 17.9 Å². The van der Waals surface area contributed by atoms with Gasteiger partial charge in [0.2, 0.25) is 0 Å². The molecule has 0 radical (unpaired) electrons. The first-order valence-electron chi connectivity index (χ1n) is 5.82. The molecule has 1 heterocycles. The van der Waals surface area contributed by atoms with Crippen LogP contribution in [0.15, 0.2) is 30.7 Å². The Hall–Kier alpha value is -1.88. The number of methoxy groups -OCH3 is 1. The minimum atomic E-state index is -0.316. The fourth-order valence-electron chi connectivity index (χ4n) is 1.70. The Morgan fingerprint density at radius 2 is 2.28 bits per heavy atom. The van der Waals surface area contributed by atoms with E-state index in [-0.39, 0.29) is 5.82 Å². The van der Waals surface area contributed by atoms with Crippen LogP contribution in [0.1, 0.15) is 12.6 Å². The van der Waals surface area contributed by atoms with E-state index in [0.29, 0.717) is 12.3 Å². The number of benzene rings is 1. The van der Waals surface area contributed by atoms with Crippen molar-refractivity contribution in [3.05, 3.63) is 42.2 Å². The average molecular weight is 249 g/mol. The van der Waals surface area contributed by atoms with Gasteiger partial charge in [0.25, 0.3) is 0 Å². The number of halogens is 1. The Bertz CT molecular complexity index is 525. The summed E-state index contributed by atoms with van der Waals surface area (Å²) in [5.74, 6) is 0.172. The van der Waals surface area contributed by atoms with E-state index >= 15 is 0 Å². The molecule has 1 aromatic heterocycles. The van der Waals surface area contributed by atoms with Crippen molar-refractivity contribution < 1.29 is 9.13 Å². The summed E-state index contributed by atoms with van der Waals surface area (Å²) in [5, 5.41) is 3.20. The molecule has 4 nitrogen and oxygen atoms in total. The van der Waals surface area contributed by atoms with Crippen molar-refractivity contribution >= 4 is 0 Å². The monoisotopic (exact) mass is 249 g/mol. The Morgan fingerprint density at radius 1 is 1.44 bits per heavy atom. The zero-order chi connectivity index (χ0) is 13.0. The third-order valence-electron chi connectivity index (χ3n) is 2.61. The van der Waals surface area contributed by atoms with Gasteiger partial charge >= 0.3 is 0 Å². The van der Waals surface area contributed by atoms with Crippen LogP contribution >= 0.6 is 0 Å². The van der Waals surface area contributed by atoms with Crippen molar-refractivity contribution in [3.63, 3.8) is 0 Å². The Balaban J connectivity index is 2.28. The van der Waals surface area contributed by atoms with Crippen LogP contribution in [0.5, 0.6) is 5.75 Å². The lowest BCUT2D eigenvalue weighted by molar-refractivity contribution is 0.409. The van der Waals surface area contributed by atoms with Crippen molar-refractivity contribution in [3.8, 4) is 11.4 Å². The number of hydrogen-bond acceptors (Lipinski definition) is 3. The van der Waals surface area contributed by atoms with E-state index in [2.05, 4.69) is 10.3 Å². The Kier molecular flexibility index (Phi) is 3.94. The second kappa shape index (κ2) is 5.64. The van der Waals surface area contributed by atoms with E-state index in [1.165, 1.54) is 19.2 Å². The van der Waals surface area contributed by atoms with E-state index in [9.17, 15) is 4.39 Å². The Labute approximate surface area is 105 Å². The standard InChI is InChI=1S/C13H16FN3O/c1-3-15-7-11-8-17(9-16-11)12-5-4-10(14)6-13(12)18-2/h4-6,8-9,15H,3,7H2,1-2H3. The van der Waals surface area contributed by atoms with E-state index in [4.69, 9.17) is 4.74 Å². The summed E-state index contributed by atoms with van der Waals surface area (Å²) in [4.78, 5) is 4.28. The van der Waals surface area contributed by atoms with E-state index in [1.807, 2.05) is 17.7 Å². The number of aromatic nitrogens is 2. The molecule has 5 heteroatoms. The fourth-order valence-corrected chi connectivity index (χ4v) is 1.70. The maximum absolute atomic E-state index is 13.1. The highest BCUT2D eigenvalue weighted by Crippen LogP contribution is 2.23. The maximum Gasteiger partial charge on any atom is 0.145 e. The summed E-state index contributed by atoms with van der Waals surface area (Å²) < 4.78 is 20.1. The molecular formula is C13H16FN3O. The van der Waals surface area contributed by atoms with Crippen molar-refractivity contribution in [1.82, 2.24) is 14.9 Å². The quantitative estimate of drug-likeness (QED) is 0.882. The molecule has 0 aliphatic carbocycles. The first-order valence-corrected chi connectivity index (χ1v) is 5.82. The first kappa shape index (κ1) is 12.6. The molecule has 1 aromatic carbocycles. The van der Waals surface area contributed by atoms with Gasteiger partial charge in [0.05, 0.1) is 24.8 Å². The van der Waals surface area contributed by atoms with Gasteiger partial charge in [-0.1, -0.05) is 6.92 Å². The van der Waals surface area contributed by atoms with Crippen LogP contribution in [0, 0.1) is 5.82 Å². The summed E-state index contributed by atoms with van der Waals surface area (Å²) in [7, 11) is 1.52. The smallest absolute Gasteiger partial charge is 0.145 e. The number of nitrogens with one attached hydrogen (secondary N) is 1. The molecule has 1 N–H and O–H groups in total. The van der Waals surface area contributed by atoms with Crippen LogP contribution in [0.3, 0.4) is 0 Å². The van der Waals surface area contributed by atoms with Gasteiger partial charge in [-0.3, -0.25) is 0 Å². The topological polar surface area (TPSA) is 39.1 Å². The molecule has 0 unspecified atom stereocenters. The summed E-state index contributed by atoms with van der Waals surface area (Å²) in [6, 6.07) is 4.44. The summed E-state index contributed by atoms with van der Waals surface area (Å²) in [5.41, 5.74) is 1.71. The zero-order valence-electron chi connectivity index (χ0n) is 10.5. The van der Waals surface area contributed by atoms with Crippen molar-refractivity contribution in [1.29, 1.82) is 0 Å². The molecular weight excluding hydrogens is 233 g/mol. The van der Waals surface area contributed by atoms with Gasteiger partial charge in [0.15, 0.2) is 0 Å². The molecule has 2 rings (SSSR count). The zero-order valence-corrected chi connectivity index (χ0v) is 10.5. The predicted octanol–water partition coefficient (Wildman–Crippen LogP) is 2.13. The molecule has 96 valence electrons. The lowest BCUT2D eigenvalue weighted by Gasteiger charge is -2.08. The van der Waals surface area contributed by atoms with Gasteiger partial charge in [-0.15, -0.1) is 0 Å². The van der Waals surface area contributed by atoms with Crippen LogP contribution in [0.4, 0.5) is 4.39 Å². The van der Waals surface area contributed by atoms with Gasteiger partial charge in [-0.2, -0.15) is 0 Å². The van der Waals surface area contributed by atoms with Crippen LogP contribution in [-0.2, 0) is 6.54 Å². The summed E-state index contributed by atoms with van der Waals surface area (Å²) >= 11 is 0. The van der Waals surface area contributed by atoms with Crippen LogP contribution in [0.25, 0.3) is 5.69 Å². The Morgan fingerprint density at radius 3 is 3.00 bits per heavy atom. The van der Waals surface area contributed by atoms with Crippen molar-refractivity contribution in [2.24, 2.45) is 0 Å². The SMILES string of the molecule is CCNCc1cn(-c2ccc(F)cc2OC)cn1. The minimum Gasteiger partial charge on any atom is -0.494 e. The van der Waals surface area contributed by atoms with Gasteiger partial charge in [0.1, 0.15) is 11.6 Å². The van der Waals surface area contributed by atoms with Gasteiger partial charge in [0, 0.05) is 18.8 Å². The molecule has 0 saturated heterocycles. The fraction of sp³-hybridized carbons (Fsp3) is 0.308. The highest BCUT2D eigenvalue weighted by atomic mass is 19.1. The van der Waals surface area contributed by atoms with Crippen molar-refractivity contribution in [2.45, 2.75) is 13.5 Å². The van der Waals surface area contributed by atoms with Crippen LogP contribution in [-0.4, -0.2) is 23.2 Å². The number of ether oxygens (including phenoxy) is 1. The summed E-state index contributed by atoms with van der Waals surface area (Å²) in [6.07, 6.45) is 3.60. The number of hydrogen-bond donors (Lipinski definition) is 1. The van der Waals surface area contributed by atoms with E-state index < -0.39 is 0 Å². The molecule has 2 aromatic rings. The molecule has 0 aliphatic heterocycles. The van der Waals surface area contributed by atoms with Crippen molar-refractivity contribution in [2.75, 3.05) is 13.7 Å². The first-order chi connectivity index (χ1) is 8.74. The molecule has 0 atom stereocenters. The van der Waals surface area contributed by atoms with Crippen LogP contribution < -0.4 is 10.1 Å². The highest BCUT2D eigenvalue weighted by molar-refractivity contribution is 5.47. The summed E-state index contributed by atoms with van der Waals surface area (Å²) in [6.45, 7) is 3.65. The largest absolute Gasteiger partial charge is 0.494 e. The van der Waals surface area contributed by atoms with Gasteiger partial charge in [-0.25, -0.2) is 9.37 Å².